The zero-order valence-electron chi connectivity index (χ0n) is 6.73. The van der Waals surface area contributed by atoms with Gasteiger partial charge in [-0.05, 0) is 0 Å². The van der Waals surface area contributed by atoms with Crippen molar-refractivity contribution >= 4 is 17.8 Å². The van der Waals surface area contributed by atoms with Gasteiger partial charge in [-0.15, -0.1) is 0 Å². The summed E-state index contributed by atoms with van der Waals surface area (Å²) in [5.74, 6) is -0.197. The summed E-state index contributed by atoms with van der Waals surface area (Å²) in [4.78, 5) is 24.9. The summed E-state index contributed by atoms with van der Waals surface area (Å²) in [7, 11) is 0. The fraction of sp³-hybridized carbons (Fsp3) is 0.167. The molecule has 3 amide bonds. The second kappa shape index (κ2) is 3.57. The normalized spacial score (nSPS) is 9.54. The maximum absolute atomic E-state index is 10.9. The van der Waals surface area contributed by atoms with Crippen molar-refractivity contribution in [3.05, 3.63) is 12.5 Å². The number of rotatable bonds is 2. The number of urea groups is 1. The highest BCUT2D eigenvalue weighted by Gasteiger charge is 2.04. The highest BCUT2D eigenvalue weighted by molar-refractivity contribution is 5.93. The van der Waals surface area contributed by atoms with Crippen LogP contribution in [0, 0.1) is 0 Å². The molecule has 0 aliphatic heterocycles. The number of anilines is 1. The first kappa shape index (κ1) is 9.04. The van der Waals surface area contributed by atoms with Crippen molar-refractivity contribution in [3.8, 4) is 0 Å². The third kappa shape index (κ3) is 2.81. The molecule has 7 heteroatoms. The van der Waals surface area contributed by atoms with Crippen LogP contribution in [0.4, 0.5) is 10.6 Å². The monoisotopic (exact) mass is 183 g/mol. The molecule has 0 saturated carbocycles. The van der Waals surface area contributed by atoms with Crippen molar-refractivity contribution in [2.75, 3.05) is 5.73 Å². The summed E-state index contributed by atoms with van der Waals surface area (Å²) in [6.07, 6.45) is 2.86. The standard InChI is InChI=1S/C6H9N5O2/c7-4-1-11(3-9-4)2-5(12)10-6(8)13/h1,3H,2,7H2,(H3,8,10,12,13). The van der Waals surface area contributed by atoms with E-state index in [9.17, 15) is 9.59 Å². The van der Waals surface area contributed by atoms with Crippen LogP contribution in [0.15, 0.2) is 12.5 Å². The summed E-state index contributed by atoms with van der Waals surface area (Å²) in [6, 6.07) is -0.877. The van der Waals surface area contributed by atoms with E-state index in [2.05, 4.69) is 4.98 Å². The van der Waals surface area contributed by atoms with E-state index >= 15 is 0 Å². The van der Waals surface area contributed by atoms with Crippen molar-refractivity contribution in [2.45, 2.75) is 6.54 Å². The first-order valence-corrected chi connectivity index (χ1v) is 3.44. The lowest BCUT2D eigenvalue weighted by atomic mass is 10.5. The molecule has 0 aliphatic rings. The minimum atomic E-state index is -0.877. The van der Waals surface area contributed by atoms with Gasteiger partial charge in [0.15, 0.2) is 0 Å². The van der Waals surface area contributed by atoms with Crippen LogP contribution in [0.3, 0.4) is 0 Å². The smallest absolute Gasteiger partial charge is 0.318 e. The second-order valence-electron chi connectivity index (χ2n) is 2.38. The topological polar surface area (TPSA) is 116 Å². The average Bonchev–Trinajstić information content (AvgIpc) is 2.33. The van der Waals surface area contributed by atoms with Crippen molar-refractivity contribution in [1.82, 2.24) is 14.9 Å². The van der Waals surface area contributed by atoms with Crippen LogP contribution >= 0.6 is 0 Å². The van der Waals surface area contributed by atoms with Crippen molar-refractivity contribution in [2.24, 2.45) is 5.73 Å². The molecule has 1 heterocycles. The van der Waals surface area contributed by atoms with Gasteiger partial charge in [-0.2, -0.15) is 0 Å². The van der Waals surface area contributed by atoms with Gasteiger partial charge in [-0.25, -0.2) is 9.78 Å². The van der Waals surface area contributed by atoms with E-state index < -0.39 is 11.9 Å². The Labute approximate surface area is 73.7 Å². The fourth-order valence-corrected chi connectivity index (χ4v) is 0.807. The number of nitrogens with zero attached hydrogens (tertiary/aromatic N) is 2. The molecule has 0 radical (unpaired) electrons. The number of nitrogens with two attached hydrogens (primary N) is 2. The average molecular weight is 183 g/mol. The number of amides is 3. The zero-order chi connectivity index (χ0) is 9.84. The van der Waals surface area contributed by atoms with Crippen molar-refractivity contribution in [3.63, 3.8) is 0 Å². The van der Waals surface area contributed by atoms with Gasteiger partial charge in [0.05, 0.1) is 6.33 Å². The Morgan fingerprint density at radius 3 is 2.77 bits per heavy atom. The lowest BCUT2D eigenvalue weighted by Crippen LogP contribution is -2.36. The highest BCUT2D eigenvalue weighted by atomic mass is 16.2. The predicted molar refractivity (Wildman–Crippen MR) is 44.4 cm³/mol. The van der Waals surface area contributed by atoms with E-state index in [4.69, 9.17) is 11.5 Å². The zero-order valence-corrected chi connectivity index (χ0v) is 6.73. The first-order valence-electron chi connectivity index (χ1n) is 3.44. The van der Waals surface area contributed by atoms with Gasteiger partial charge in [0.25, 0.3) is 0 Å². The maximum atomic E-state index is 10.9. The van der Waals surface area contributed by atoms with E-state index in [0.29, 0.717) is 5.82 Å². The van der Waals surface area contributed by atoms with Crippen LogP contribution in [0.1, 0.15) is 0 Å². The van der Waals surface area contributed by atoms with Crippen LogP contribution in [0.25, 0.3) is 0 Å². The molecule has 1 aromatic heterocycles. The number of hydrogen-bond acceptors (Lipinski definition) is 4. The Kier molecular flexibility index (Phi) is 2.48. The van der Waals surface area contributed by atoms with Gasteiger partial charge in [-0.1, -0.05) is 0 Å². The molecular formula is C6H9N5O2. The first-order chi connectivity index (χ1) is 6.08. The molecule has 0 saturated heterocycles. The molecule has 0 aliphatic carbocycles. The van der Waals surface area contributed by atoms with E-state index in [-0.39, 0.29) is 6.54 Å². The lowest BCUT2D eigenvalue weighted by molar-refractivity contribution is -0.120. The summed E-state index contributed by atoms with van der Waals surface area (Å²) >= 11 is 0. The molecule has 0 bridgehead atoms. The number of hydrogen-bond donors (Lipinski definition) is 3. The van der Waals surface area contributed by atoms with Crippen molar-refractivity contribution in [1.29, 1.82) is 0 Å². The quantitative estimate of drug-likeness (QED) is 0.526. The Balaban J connectivity index is 2.50. The van der Waals surface area contributed by atoms with Gasteiger partial charge >= 0.3 is 6.03 Å². The van der Waals surface area contributed by atoms with Crippen LogP contribution in [-0.2, 0) is 11.3 Å². The van der Waals surface area contributed by atoms with Crippen LogP contribution in [0.2, 0.25) is 0 Å². The molecule has 70 valence electrons. The molecule has 1 aromatic rings. The van der Waals surface area contributed by atoms with Crippen LogP contribution in [0.5, 0.6) is 0 Å². The number of imide groups is 1. The minimum absolute atomic E-state index is 0.0346. The lowest BCUT2D eigenvalue weighted by Gasteiger charge is -2.00. The number of aromatic nitrogens is 2. The molecule has 13 heavy (non-hydrogen) atoms. The van der Waals surface area contributed by atoms with Crippen LogP contribution < -0.4 is 16.8 Å². The molecule has 5 N–H and O–H groups in total. The third-order valence-corrected chi connectivity index (χ3v) is 1.24. The van der Waals surface area contributed by atoms with E-state index in [0.717, 1.165) is 0 Å². The Hall–Kier alpha value is -2.05. The van der Waals surface area contributed by atoms with Gasteiger partial charge < -0.3 is 16.0 Å². The molecule has 0 fully saturated rings. The number of carbonyl (C=O) groups excluding carboxylic acids is 2. The SMILES string of the molecule is NC(=O)NC(=O)Cn1cnc(N)c1. The summed E-state index contributed by atoms with van der Waals surface area (Å²) in [5.41, 5.74) is 10.0. The molecule has 1 rings (SSSR count). The highest BCUT2D eigenvalue weighted by Crippen LogP contribution is 1.95. The fourth-order valence-electron chi connectivity index (χ4n) is 0.807. The van der Waals surface area contributed by atoms with Gasteiger partial charge in [0, 0.05) is 6.20 Å². The molecular weight excluding hydrogens is 174 g/mol. The van der Waals surface area contributed by atoms with Gasteiger partial charge in [0.2, 0.25) is 5.91 Å². The molecule has 7 nitrogen and oxygen atoms in total. The maximum Gasteiger partial charge on any atom is 0.318 e. The Bertz CT molecular complexity index is 332. The summed E-state index contributed by atoms with van der Waals surface area (Å²) in [5, 5.41) is 1.91. The third-order valence-electron chi connectivity index (χ3n) is 1.24. The summed E-state index contributed by atoms with van der Waals surface area (Å²) in [6.45, 7) is -0.0346. The molecule has 0 unspecified atom stereocenters. The number of nitrogens with one attached hydrogen (secondary N) is 1. The number of nitrogen functional groups attached to an aromatic ring is 1. The number of carbonyl (C=O) groups is 2. The van der Waals surface area contributed by atoms with Gasteiger partial charge in [0.1, 0.15) is 12.4 Å². The number of imidazole rings is 1. The molecule has 0 atom stereocenters. The number of primary amides is 1. The largest absolute Gasteiger partial charge is 0.382 e. The summed E-state index contributed by atoms with van der Waals surface area (Å²) < 4.78 is 1.44. The predicted octanol–water partition coefficient (Wildman–Crippen LogP) is -1.34. The Morgan fingerprint density at radius 1 is 1.62 bits per heavy atom. The van der Waals surface area contributed by atoms with Crippen molar-refractivity contribution < 1.29 is 9.59 Å². The van der Waals surface area contributed by atoms with Gasteiger partial charge in [-0.3, -0.25) is 10.1 Å². The van der Waals surface area contributed by atoms with E-state index in [1.54, 1.807) is 0 Å². The Morgan fingerprint density at radius 2 is 2.31 bits per heavy atom. The molecule has 0 aromatic carbocycles. The van der Waals surface area contributed by atoms with Crippen LogP contribution in [-0.4, -0.2) is 21.5 Å². The van der Waals surface area contributed by atoms with E-state index in [1.165, 1.54) is 17.1 Å². The second-order valence-corrected chi connectivity index (χ2v) is 2.38. The van der Waals surface area contributed by atoms with E-state index in [1.807, 2.05) is 5.32 Å². The molecule has 0 spiro atoms. The minimum Gasteiger partial charge on any atom is -0.382 e.